The highest BCUT2D eigenvalue weighted by Gasteiger charge is 2.20. The molecule has 1 fully saturated rings. The molecule has 5 nitrogen and oxygen atoms in total. The second-order valence-corrected chi connectivity index (χ2v) is 7.46. The van der Waals surface area contributed by atoms with Crippen molar-refractivity contribution < 1.29 is 0 Å². The van der Waals surface area contributed by atoms with Crippen molar-refractivity contribution in [2.75, 3.05) is 42.5 Å². The molecular weight excluding hydrogens is 358 g/mol. The lowest BCUT2D eigenvalue weighted by Gasteiger charge is -2.35. The Kier molecular flexibility index (Phi) is 6.06. The molecular formula is C24H29N5. The lowest BCUT2D eigenvalue weighted by atomic mass is 10.2. The Balaban J connectivity index is 1.66. The second kappa shape index (κ2) is 9.05. The fourth-order valence-corrected chi connectivity index (χ4v) is 3.81. The topological polar surface area (TPSA) is 35.5 Å². The molecule has 1 aliphatic rings. The number of hydrogen-bond acceptors (Lipinski definition) is 5. The molecule has 29 heavy (non-hydrogen) atoms. The van der Waals surface area contributed by atoms with E-state index in [1.165, 1.54) is 5.56 Å². The van der Waals surface area contributed by atoms with Crippen LogP contribution in [0.3, 0.4) is 0 Å². The van der Waals surface area contributed by atoms with Crippen molar-refractivity contribution in [1.29, 1.82) is 0 Å². The quantitative estimate of drug-likeness (QED) is 0.631. The van der Waals surface area contributed by atoms with Gasteiger partial charge in [0.25, 0.3) is 0 Å². The summed E-state index contributed by atoms with van der Waals surface area (Å²) in [5.41, 5.74) is 2.39. The molecule has 1 saturated heterocycles. The van der Waals surface area contributed by atoms with Gasteiger partial charge in [0.1, 0.15) is 17.5 Å². The number of piperazine rings is 1. The average Bonchev–Trinajstić information content (AvgIpc) is 2.78. The SMILES string of the molecule is CCN1CCN(c2cc(N(Cc3ccccc3)c3ccccc3)nc(C)n2)CC1. The van der Waals surface area contributed by atoms with E-state index in [4.69, 9.17) is 9.97 Å². The summed E-state index contributed by atoms with van der Waals surface area (Å²) in [5.74, 6) is 2.78. The van der Waals surface area contributed by atoms with Gasteiger partial charge in [0.05, 0.1) is 0 Å². The molecule has 4 rings (SSSR count). The van der Waals surface area contributed by atoms with Crippen LogP contribution in [0.1, 0.15) is 18.3 Å². The molecule has 0 amide bonds. The Hall–Kier alpha value is -2.92. The second-order valence-electron chi connectivity index (χ2n) is 7.46. The van der Waals surface area contributed by atoms with E-state index in [2.05, 4.69) is 82.3 Å². The Morgan fingerprint density at radius 2 is 1.52 bits per heavy atom. The number of anilines is 3. The van der Waals surface area contributed by atoms with E-state index >= 15 is 0 Å². The van der Waals surface area contributed by atoms with Gasteiger partial charge in [-0.15, -0.1) is 0 Å². The monoisotopic (exact) mass is 387 g/mol. The molecule has 0 N–H and O–H groups in total. The Morgan fingerprint density at radius 1 is 0.862 bits per heavy atom. The molecule has 0 saturated carbocycles. The summed E-state index contributed by atoms with van der Waals surface area (Å²) in [6, 6.07) is 23.2. The molecule has 0 atom stereocenters. The zero-order valence-corrected chi connectivity index (χ0v) is 17.3. The minimum Gasteiger partial charge on any atom is -0.354 e. The summed E-state index contributed by atoms with van der Waals surface area (Å²) in [4.78, 5) is 16.7. The van der Waals surface area contributed by atoms with Gasteiger partial charge in [0.15, 0.2) is 0 Å². The van der Waals surface area contributed by atoms with E-state index in [1.807, 2.05) is 13.0 Å². The largest absolute Gasteiger partial charge is 0.354 e. The fraction of sp³-hybridized carbons (Fsp3) is 0.333. The van der Waals surface area contributed by atoms with Gasteiger partial charge in [-0.2, -0.15) is 0 Å². The van der Waals surface area contributed by atoms with Crippen LogP contribution in [-0.2, 0) is 6.54 Å². The lowest BCUT2D eigenvalue weighted by molar-refractivity contribution is 0.270. The molecule has 0 spiro atoms. The number of hydrogen-bond donors (Lipinski definition) is 0. The molecule has 150 valence electrons. The molecule has 3 aromatic rings. The van der Waals surface area contributed by atoms with Crippen molar-refractivity contribution in [3.8, 4) is 0 Å². The average molecular weight is 388 g/mol. The maximum absolute atomic E-state index is 4.81. The lowest BCUT2D eigenvalue weighted by Crippen LogP contribution is -2.46. The molecule has 5 heteroatoms. The fourth-order valence-electron chi connectivity index (χ4n) is 3.81. The zero-order valence-electron chi connectivity index (χ0n) is 17.3. The highest BCUT2D eigenvalue weighted by molar-refractivity contribution is 5.63. The van der Waals surface area contributed by atoms with Gasteiger partial charge in [-0.1, -0.05) is 55.5 Å². The van der Waals surface area contributed by atoms with E-state index in [-0.39, 0.29) is 0 Å². The highest BCUT2D eigenvalue weighted by atomic mass is 15.3. The van der Waals surface area contributed by atoms with E-state index in [0.717, 1.165) is 62.4 Å². The van der Waals surface area contributed by atoms with Crippen LogP contribution in [-0.4, -0.2) is 47.6 Å². The maximum atomic E-state index is 4.81. The summed E-state index contributed by atoms with van der Waals surface area (Å²) in [7, 11) is 0. The van der Waals surface area contributed by atoms with Crippen molar-refractivity contribution in [3.63, 3.8) is 0 Å². The normalized spacial score (nSPS) is 14.8. The summed E-state index contributed by atoms with van der Waals surface area (Å²) >= 11 is 0. The highest BCUT2D eigenvalue weighted by Crippen LogP contribution is 2.28. The predicted molar refractivity (Wildman–Crippen MR) is 120 cm³/mol. The van der Waals surface area contributed by atoms with Crippen LogP contribution in [0.25, 0.3) is 0 Å². The Morgan fingerprint density at radius 3 is 2.17 bits per heavy atom. The molecule has 0 bridgehead atoms. The number of benzene rings is 2. The maximum Gasteiger partial charge on any atom is 0.139 e. The standard InChI is InChI=1S/C24H29N5/c1-3-27-14-16-28(17-15-27)23-18-24(26-20(2)25-23)29(22-12-8-5-9-13-22)19-21-10-6-4-7-11-21/h4-13,18H,3,14-17,19H2,1-2H3. The Labute approximate surface area is 173 Å². The third-order valence-corrected chi connectivity index (χ3v) is 5.48. The van der Waals surface area contributed by atoms with Crippen molar-refractivity contribution >= 4 is 17.3 Å². The molecule has 2 heterocycles. The number of para-hydroxylation sites is 1. The first-order valence-electron chi connectivity index (χ1n) is 10.4. The van der Waals surface area contributed by atoms with Crippen molar-refractivity contribution in [2.45, 2.75) is 20.4 Å². The third kappa shape index (κ3) is 4.74. The van der Waals surface area contributed by atoms with Crippen LogP contribution in [0.2, 0.25) is 0 Å². The first-order chi connectivity index (χ1) is 14.2. The zero-order chi connectivity index (χ0) is 20.1. The minimum atomic E-state index is 0.768. The van der Waals surface area contributed by atoms with E-state index in [9.17, 15) is 0 Å². The van der Waals surface area contributed by atoms with Crippen LogP contribution in [0, 0.1) is 6.92 Å². The van der Waals surface area contributed by atoms with Crippen LogP contribution in [0.5, 0.6) is 0 Å². The smallest absolute Gasteiger partial charge is 0.139 e. The van der Waals surface area contributed by atoms with Crippen LogP contribution >= 0.6 is 0 Å². The molecule has 1 aromatic heterocycles. The summed E-state index contributed by atoms with van der Waals surface area (Å²) in [5, 5.41) is 0. The van der Waals surface area contributed by atoms with E-state index in [1.54, 1.807) is 0 Å². The van der Waals surface area contributed by atoms with Gasteiger partial charge in [-0.25, -0.2) is 9.97 Å². The molecule has 0 unspecified atom stereocenters. The number of aryl methyl sites for hydroxylation is 1. The van der Waals surface area contributed by atoms with Crippen molar-refractivity contribution in [3.05, 3.63) is 78.1 Å². The van der Waals surface area contributed by atoms with Gasteiger partial charge in [-0.3, -0.25) is 0 Å². The Bertz CT molecular complexity index is 905. The van der Waals surface area contributed by atoms with Gasteiger partial charge < -0.3 is 14.7 Å². The minimum absolute atomic E-state index is 0.768. The summed E-state index contributed by atoms with van der Waals surface area (Å²) < 4.78 is 0. The predicted octanol–water partition coefficient (Wildman–Crippen LogP) is 4.27. The first-order valence-corrected chi connectivity index (χ1v) is 10.4. The van der Waals surface area contributed by atoms with Gasteiger partial charge in [-0.05, 0) is 31.2 Å². The van der Waals surface area contributed by atoms with E-state index in [0.29, 0.717) is 0 Å². The van der Waals surface area contributed by atoms with Crippen molar-refractivity contribution in [1.82, 2.24) is 14.9 Å². The first kappa shape index (κ1) is 19.4. The molecule has 0 radical (unpaired) electrons. The summed E-state index contributed by atoms with van der Waals surface area (Å²) in [6.45, 7) is 10.3. The van der Waals surface area contributed by atoms with E-state index < -0.39 is 0 Å². The van der Waals surface area contributed by atoms with Crippen LogP contribution in [0.4, 0.5) is 17.3 Å². The van der Waals surface area contributed by atoms with Crippen LogP contribution < -0.4 is 9.80 Å². The molecule has 1 aliphatic heterocycles. The number of rotatable bonds is 6. The van der Waals surface area contributed by atoms with Crippen LogP contribution in [0.15, 0.2) is 66.7 Å². The number of aromatic nitrogens is 2. The van der Waals surface area contributed by atoms with Gasteiger partial charge in [0, 0.05) is 44.5 Å². The van der Waals surface area contributed by atoms with Gasteiger partial charge >= 0.3 is 0 Å². The third-order valence-electron chi connectivity index (χ3n) is 5.48. The van der Waals surface area contributed by atoms with Gasteiger partial charge in [0.2, 0.25) is 0 Å². The summed E-state index contributed by atoms with van der Waals surface area (Å²) in [6.07, 6.45) is 0. The number of likely N-dealkylation sites (N-methyl/N-ethyl adjacent to an activating group) is 1. The molecule has 0 aliphatic carbocycles. The molecule has 2 aromatic carbocycles. The van der Waals surface area contributed by atoms with Crippen molar-refractivity contribution in [2.24, 2.45) is 0 Å². The number of nitrogens with zero attached hydrogens (tertiary/aromatic N) is 5.